The molecule has 0 radical (unpaired) electrons. The van der Waals surface area contributed by atoms with Gasteiger partial charge in [0.05, 0.1) is 5.69 Å². The molecule has 1 fully saturated rings. The second kappa shape index (κ2) is 6.08. The summed E-state index contributed by atoms with van der Waals surface area (Å²) in [6.45, 7) is 4.71. The van der Waals surface area contributed by atoms with Gasteiger partial charge >= 0.3 is 0 Å². The molecule has 1 aromatic heterocycles. The van der Waals surface area contributed by atoms with E-state index in [-0.39, 0.29) is 0 Å². The molecule has 2 rings (SSSR count). The lowest BCUT2D eigenvalue weighted by atomic mass is 9.71. The van der Waals surface area contributed by atoms with Gasteiger partial charge in [-0.3, -0.25) is 4.68 Å². The smallest absolute Gasteiger partial charge is 0.0640 e. The van der Waals surface area contributed by atoms with E-state index in [1.165, 1.54) is 37.8 Å². The van der Waals surface area contributed by atoms with Gasteiger partial charge in [0.2, 0.25) is 0 Å². The molecule has 19 heavy (non-hydrogen) atoms. The average Bonchev–Trinajstić information content (AvgIpc) is 2.95. The first kappa shape index (κ1) is 14.6. The van der Waals surface area contributed by atoms with Gasteiger partial charge in [-0.05, 0) is 43.7 Å². The predicted octanol–water partition coefficient (Wildman–Crippen LogP) is 3.16. The van der Waals surface area contributed by atoms with E-state index in [0.29, 0.717) is 11.5 Å². The lowest BCUT2D eigenvalue weighted by molar-refractivity contribution is 0.159. The van der Waals surface area contributed by atoms with Gasteiger partial charge in [-0.1, -0.05) is 26.7 Å². The largest absolute Gasteiger partial charge is 0.316 e. The third kappa shape index (κ3) is 3.38. The van der Waals surface area contributed by atoms with Crippen LogP contribution >= 0.6 is 0 Å². The molecule has 0 saturated heterocycles. The lowest BCUT2D eigenvalue weighted by Gasteiger charge is -2.39. The summed E-state index contributed by atoms with van der Waals surface area (Å²) in [5.41, 5.74) is 1.71. The average molecular weight is 263 g/mol. The summed E-state index contributed by atoms with van der Waals surface area (Å²) in [6.07, 6.45) is 9.99. The summed E-state index contributed by atoms with van der Waals surface area (Å²) in [4.78, 5) is 0. The molecular weight excluding hydrogens is 234 g/mol. The number of aromatic nitrogens is 2. The number of nitrogens with zero attached hydrogens (tertiary/aromatic N) is 2. The number of rotatable bonds is 6. The van der Waals surface area contributed by atoms with Crippen molar-refractivity contribution in [1.29, 1.82) is 0 Å². The first-order valence-electron chi connectivity index (χ1n) is 7.71. The van der Waals surface area contributed by atoms with Crippen molar-refractivity contribution in [2.45, 2.75) is 58.4 Å². The van der Waals surface area contributed by atoms with Crippen molar-refractivity contribution in [2.24, 2.45) is 18.4 Å². The van der Waals surface area contributed by atoms with E-state index < -0.39 is 0 Å². The van der Waals surface area contributed by atoms with Crippen LogP contribution in [0.1, 0.15) is 51.6 Å². The van der Waals surface area contributed by atoms with Crippen molar-refractivity contribution >= 4 is 0 Å². The van der Waals surface area contributed by atoms with Crippen molar-refractivity contribution in [3.05, 3.63) is 18.0 Å². The second-order valence-electron chi connectivity index (χ2n) is 6.69. The predicted molar refractivity (Wildman–Crippen MR) is 80.1 cm³/mol. The molecule has 1 atom stereocenters. The number of hydrogen-bond acceptors (Lipinski definition) is 2. The number of aryl methyl sites for hydroxylation is 1. The van der Waals surface area contributed by atoms with Crippen LogP contribution in [0.5, 0.6) is 0 Å². The number of likely N-dealkylation sites (N-methyl/N-ethyl adjacent to an activating group) is 1. The Morgan fingerprint density at radius 3 is 2.53 bits per heavy atom. The third-order valence-corrected chi connectivity index (χ3v) is 4.68. The molecule has 1 aromatic rings. The van der Waals surface area contributed by atoms with Gasteiger partial charge in [0.1, 0.15) is 0 Å². The van der Waals surface area contributed by atoms with Gasteiger partial charge in [0.25, 0.3) is 0 Å². The maximum Gasteiger partial charge on any atom is 0.0640 e. The van der Waals surface area contributed by atoms with Gasteiger partial charge in [0, 0.05) is 25.7 Å². The maximum absolute atomic E-state index is 4.56. The molecule has 0 amide bonds. The second-order valence-corrected chi connectivity index (χ2v) is 6.69. The zero-order chi connectivity index (χ0) is 13.9. The van der Waals surface area contributed by atoms with Gasteiger partial charge in [-0.25, -0.2) is 0 Å². The zero-order valence-electron chi connectivity index (χ0n) is 12.9. The van der Waals surface area contributed by atoms with Crippen molar-refractivity contribution in [1.82, 2.24) is 15.1 Å². The summed E-state index contributed by atoms with van der Waals surface area (Å²) in [6, 6.07) is 2.72. The summed E-state index contributed by atoms with van der Waals surface area (Å²) in [5, 5.41) is 8.16. The Balaban J connectivity index is 2.13. The Kier molecular flexibility index (Phi) is 4.67. The monoisotopic (exact) mass is 263 g/mol. The van der Waals surface area contributed by atoms with Crippen LogP contribution in [0.2, 0.25) is 0 Å². The fourth-order valence-corrected chi connectivity index (χ4v) is 3.99. The van der Waals surface area contributed by atoms with Crippen LogP contribution in [0.4, 0.5) is 0 Å². The summed E-state index contributed by atoms with van der Waals surface area (Å²) in [7, 11) is 4.12. The van der Waals surface area contributed by atoms with Gasteiger partial charge in [0.15, 0.2) is 0 Å². The van der Waals surface area contributed by atoms with E-state index in [1.807, 2.05) is 17.9 Å². The quantitative estimate of drug-likeness (QED) is 0.854. The Labute approximate surface area is 117 Å². The molecule has 108 valence electrons. The Bertz CT molecular complexity index is 388. The fourth-order valence-electron chi connectivity index (χ4n) is 3.99. The van der Waals surface area contributed by atoms with Gasteiger partial charge in [-0.2, -0.15) is 5.10 Å². The first-order valence-corrected chi connectivity index (χ1v) is 7.71. The highest BCUT2D eigenvalue weighted by Gasteiger charge is 2.40. The standard InChI is InChI=1S/C16H29N3/c1-13(2)12-16(8-5-6-9-16)15(17-3)11-14-7-10-19(4)18-14/h7,10,13,15,17H,5-6,8-9,11-12H2,1-4H3. The molecule has 1 saturated carbocycles. The molecule has 0 aromatic carbocycles. The van der Waals surface area contributed by atoms with E-state index >= 15 is 0 Å². The van der Waals surface area contributed by atoms with Crippen molar-refractivity contribution in [2.75, 3.05) is 7.05 Å². The highest BCUT2D eigenvalue weighted by molar-refractivity contribution is 5.06. The van der Waals surface area contributed by atoms with E-state index in [0.717, 1.165) is 12.3 Å². The molecule has 1 aliphatic carbocycles. The molecule has 3 nitrogen and oxygen atoms in total. The lowest BCUT2D eigenvalue weighted by Crippen LogP contribution is -2.44. The van der Waals surface area contributed by atoms with Crippen LogP contribution in [-0.2, 0) is 13.5 Å². The van der Waals surface area contributed by atoms with Crippen molar-refractivity contribution in [3.8, 4) is 0 Å². The van der Waals surface area contributed by atoms with E-state index in [2.05, 4.69) is 37.4 Å². The molecule has 1 N–H and O–H groups in total. The van der Waals surface area contributed by atoms with Crippen molar-refractivity contribution < 1.29 is 0 Å². The molecule has 1 unspecified atom stereocenters. The minimum atomic E-state index is 0.487. The number of nitrogens with one attached hydrogen (secondary N) is 1. The number of hydrogen-bond donors (Lipinski definition) is 1. The molecule has 0 bridgehead atoms. The van der Waals surface area contributed by atoms with Crippen molar-refractivity contribution in [3.63, 3.8) is 0 Å². The SMILES string of the molecule is CNC(Cc1ccn(C)n1)C1(CC(C)C)CCCC1. The molecule has 1 heterocycles. The minimum absolute atomic E-state index is 0.487. The van der Waals surface area contributed by atoms with Crippen LogP contribution in [0.15, 0.2) is 12.3 Å². The Morgan fingerprint density at radius 2 is 2.05 bits per heavy atom. The van der Waals surface area contributed by atoms with Crippen LogP contribution in [0.3, 0.4) is 0 Å². The first-order chi connectivity index (χ1) is 9.05. The fraction of sp³-hybridized carbons (Fsp3) is 0.812. The molecule has 1 aliphatic rings. The minimum Gasteiger partial charge on any atom is -0.316 e. The van der Waals surface area contributed by atoms with E-state index in [1.54, 1.807) is 0 Å². The summed E-state index contributed by atoms with van der Waals surface area (Å²) in [5.74, 6) is 0.776. The molecule has 3 heteroatoms. The van der Waals surface area contributed by atoms with Crippen LogP contribution in [-0.4, -0.2) is 22.9 Å². The maximum atomic E-state index is 4.56. The van der Waals surface area contributed by atoms with Gasteiger partial charge in [-0.15, -0.1) is 0 Å². The van der Waals surface area contributed by atoms with E-state index in [9.17, 15) is 0 Å². The Hall–Kier alpha value is -0.830. The highest BCUT2D eigenvalue weighted by atomic mass is 15.2. The normalized spacial score (nSPS) is 20.1. The summed E-state index contributed by atoms with van der Waals surface area (Å²) >= 11 is 0. The van der Waals surface area contributed by atoms with Crippen LogP contribution < -0.4 is 5.32 Å². The van der Waals surface area contributed by atoms with Gasteiger partial charge < -0.3 is 5.32 Å². The Morgan fingerprint density at radius 1 is 1.37 bits per heavy atom. The van der Waals surface area contributed by atoms with E-state index in [4.69, 9.17) is 0 Å². The van der Waals surface area contributed by atoms with Crippen LogP contribution in [0.25, 0.3) is 0 Å². The third-order valence-electron chi connectivity index (χ3n) is 4.68. The molecule has 0 aliphatic heterocycles. The zero-order valence-corrected chi connectivity index (χ0v) is 12.9. The van der Waals surface area contributed by atoms with Crippen LogP contribution in [0, 0.1) is 11.3 Å². The topological polar surface area (TPSA) is 29.9 Å². The molecule has 0 spiro atoms. The summed E-state index contributed by atoms with van der Waals surface area (Å²) < 4.78 is 1.91. The molecular formula is C16H29N3. The highest BCUT2D eigenvalue weighted by Crippen LogP contribution is 2.46.